The molecule has 0 unspecified atom stereocenters. The van der Waals surface area contributed by atoms with Crippen LogP contribution in [-0.2, 0) is 14.8 Å². The number of rotatable bonds is 4. The molecule has 1 amide bonds. The summed E-state index contributed by atoms with van der Waals surface area (Å²) in [6, 6.07) is 4.93. The molecule has 18 heavy (non-hydrogen) atoms. The van der Waals surface area contributed by atoms with Crippen LogP contribution < -0.4 is 4.31 Å². The summed E-state index contributed by atoms with van der Waals surface area (Å²) in [6.45, 7) is -0.308. The van der Waals surface area contributed by atoms with Crippen LogP contribution in [0.15, 0.2) is 24.3 Å². The zero-order valence-corrected chi connectivity index (χ0v) is 11.2. The van der Waals surface area contributed by atoms with E-state index in [0.29, 0.717) is 0 Å². The molecule has 0 saturated heterocycles. The second kappa shape index (κ2) is 5.34. The summed E-state index contributed by atoms with van der Waals surface area (Å²) in [5.41, 5.74) is 0.258. The Balaban J connectivity index is 3.07. The molecule has 0 fully saturated rings. The Morgan fingerprint density at radius 2 is 1.72 bits per heavy atom. The number of hydrogen-bond donors (Lipinski definition) is 0. The van der Waals surface area contributed by atoms with Gasteiger partial charge in [0.05, 0.1) is 11.9 Å². The van der Waals surface area contributed by atoms with E-state index in [-0.39, 0.29) is 18.1 Å². The number of anilines is 1. The van der Waals surface area contributed by atoms with Crippen molar-refractivity contribution in [3.8, 4) is 0 Å². The van der Waals surface area contributed by atoms with Gasteiger partial charge in [0, 0.05) is 14.1 Å². The lowest BCUT2D eigenvalue weighted by Gasteiger charge is -2.23. The molecule has 1 aromatic rings. The number of carbonyl (C=O) groups excluding carboxylic acids is 1. The van der Waals surface area contributed by atoms with E-state index in [0.717, 1.165) is 22.7 Å². The first-order valence-corrected chi connectivity index (χ1v) is 7.00. The van der Waals surface area contributed by atoms with E-state index in [4.69, 9.17) is 0 Å². The highest BCUT2D eigenvalue weighted by atomic mass is 32.2. The highest BCUT2D eigenvalue weighted by Crippen LogP contribution is 2.17. The number of amides is 1. The summed E-state index contributed by atoms with van der Waals surface area (Å²) in [4.78, 5) is 12.9. The molecule has 0 saturated carbocycles. The van der Waals surface area contributed by atoms with Gasteiger partial charge in [0.25, 0.3) is 0 Å². The third-order valence-corrected chi connectivity index (χ3v) is 3.43. The van der Waals surface area contributed by atoms with Gasteiger partial charge in [-0.3, -0.25) is 9.10 Å². The number of benzene rings is 1. The van der Waals surface area contributed by atoms with Crippen LogP contribution in [0.4, 0.5) is 10.1 Å². The molecule has 0 N–H and O–H groups in total. The molecular weight excluding hydrogens is 259 g/mol. The molecule has 0 aliphatic rings. The van der Waals surface area contributed by atoms with Crippen LogP contribution in [0, 0.1) is 5.82 Å². The highest BCUT2D eigenvalue weighted by molar-refractivity contribution is 7.92. The van der Waals surface area contributed by atoms with Crippen molar-refractivity contribution in [2.75, 3.05) is 31.2 Å². The molecule has 0 aliphatic carbocycles. The average Bonchev–Trinajstić information content (AvgIpc) is 2.25. The lowest BCUT2D eigenvalue weighted by molar-refractivity contribution is -0.127. The number of halogens is 1. The average molecular weight is 274 g/mol. The number of carbonyl (C=O) groups is 1. The maximum atomic E-state index is 12.8. The second-order valence-corrected chi connectivity index (χ2v) is 5.94. The molecular formula is C11H15FN2O3S. The van der Waals surface area contributed by atoms with Gasteiger partial charge in [-0.05, 0) is 24.3 Å². The smallest absolute Gasteiger partial charge is 0.242 e. The van der Waals surface area contributed by atoms with Crippen LogP contribution in [0.3, 0.4) is 0 Å². The van der Waals surface area contributed by atoms with Crippen molar-refractivity contribution >= 4 is 21.6 Å². The Bertz CT molecular complexity index is 526. The summed E-state index contributed by atoms with van der Waals surface area (Å²) < 4.78 is 37.0. The topological polar surface area (TPSA) is 57.7 Å². The van der Waals surface area contributed by atoms with Gasteiger partial charge in [-0.15, -0.1) is 0 Å². The van der Waals surface area contributed by atoms with Gasteiger partial charge in [0.2, 0.25) is 15.9 Å². The molecule has 1 aromatic carbocycles. The van der Waals surface area contributed by atoms with E-state index in [2.05, 4.69) is 0 Å². The Morgan fingerprint density at radius 3 is 2.11 bits per heavy atom. The quantitative estimate of drug-likeness (QED) is 0.811. The molecule has 0 aromatic heterocycles. The summed E-state index contributed by atoms with van der Waals surface area (Å²) in [7, 11) is -0.526. The van der Waals surface area contributed by atoms with Gasteiger partial charge >= 0.3 is 0 Å². The predicted octanol–water partition coefficient (Wildman–Crippen LogP) is 0.680. The van der Waals surface area contributed by atoms with Crippen molar-refractivity contribution in [3.63, 3.8) is 0 Å². The molecule has 7 heteroatoms. The van der Waals surface area contributed by atoms with Crippen LogP contribution in [0.5, 0.6) is 0 Å². The monoisotopic (exact) mass is 274 g/mol. The number of nitrogens with zero attached hydrogens (tertiary/aromatic N) is 2. The summed E-state index contributed by atoms with van der Waals surface area (Å²) in [5.74, 6) is -0.823. The van der Waals surface area contributed by atoms with Gasteiger partial charge in [-0.2, -0.15) is 0 Å². The lowest BCUT2D eigenvalue weighted by atomic mass is 10.3. The fourth-order valence-corrected chi connectivity index (χ4v) is 2.12. The predicted molar refractivity (Wildman–Crippen MR) is 67.3 cm³/mol. The van der Waals surface area contributed by atoms with Crippen LogP contribution in [0.25, 0.3) is 0 Å². The van der Waals surface area contributed by atoms with Crippen molar-refractivity contribution < 1.29 is 17.6 Å². The van der Waals surface area contributed by atoms with Crippen molar-refractivity contribution in [1.82, 2.24) is 4.90 Å². The molecule has 0 radical (unpaired) electrons. The van der Waals surface area contributed by atoms with Gasteiger partial charge in [-0.1, -0.05) is 0 Å². The van der Waals surface area contributed by atoms with Crippen LogP contribution >= 0.6 is 0 Å². The molecule has 0 bridgehead atoms. The van der Waals surface area contributed by atoms with Crippen LogP contribution in [0.2, 0.25) is 0 Å². The SMILES string of the molecule is CN(C)C(=O)CN(c1ccc(F)cc1)S(C)(=O)=O. The zero-order chi connectivity index (χ0) is 13.9. The molecule has 100 valence electrons. The first-order chi connectivity index (χ1) is 8.21. The van der Waals surface area contributed by atoms with E-state index in [9.17, 15) is 17.6 Å². The maximum Gasteiger partial charge on any atom is 0.242 e. The van der Waals surface area contributed by atoms with E-state index in [1.165, 1.54) is 31.1 Å². The van der Waals surface area contributed by atoms with E-state index in [1.807, 2.05) is 0 Å². The van der Waals surface area contributed by atoms with Crippen molar-refractivity contribution in [3.05, 3.63) is 30.1 Å². The number of hydrogen-bond acceptors (Lipinski definition) is 3. The van der Waals surface area contributed by atoms with Crippen molar-refractivity contribution in [2.24, 2.45) is 0 Å². The standard InChI is InChI=1S/C11H15FN2O3S/c1-13(2)11(15)8-14(18(3,16)17)10-6-4-9(12)5-7-10/h4-7H,8H2,1-3H3. The van der Waals surface area contributed by atoms with E-state index in [1.54, 1.807) is 0 Å². The Kier molecular flexibility index (Phi) is 4.28. The molecule has 1 rings (SSSR count). The fourth-order valence-electron chi connectivity index (χ4n) is 1.27. The Hall–Kier alpha value is -1.63. The van der Waals surface area contributed by atoms with E-state index < -0.39 is 15.8 Å². The summed E-state index contributed by atoms with van der Waals surface area (Å²) >= 11 is 0. The fraction of sp³-hybridized carbons (Fsp3) is 0.364. The van der Waals surface area contributed by atoms with E-state index >= 15 is 0 Å². The number of sulfonamides is 1. The summed E-state index contributed by atoms with van der Waals surface area (Å²) in [5, 5.41) is 0. The Labute approximate surface area is 106 Å². The van der Waals surface area contributed by atoms with Gasteiger partial charge in [0.1, 0.15) is 12.4 Å². The van der Waals surface area contributed by atoms with Gasteiger partial charge < -0.3 is 4.90 Å². The third-order valence-electron chi connectivity index (χ3n) is 2.29. The Morgan fingerprint density at radius 1 is 1.22 bits per heavy atom. The van der Waals surface area contributed by atoms with Gasteiger partial charge in [0.15, 0.2) is 0 Å². The maximum absolute atomic E-state index is 12.8. The minimum atomic E-state index is -3.60. The van der Waals surface area contributed by atoms with Crippen molar-refractivity contribution in [2.45, 2.75) is 0 Å². The minimum Gasteiger partial charge on any atom is -0.347 e. The first kappa shape index (κ1) is 14.4. The molecule has 0 atom stereocenters. The van der Waals surface area contributed by atoms with Gasteiger partial charge in [-0.25, -0.2) is 12.8 Å². The van der Waals surface area contributed by atoms with Crippen LogP contribution in [-0.4, -0.2) is 46.1 Å². The van der Waals surface area contributed by atoms with Crippen molar-refractivity contribution in [1.29, 1.82) is 0 Å². The second-order valence-electron chi connectivity index (χ2n) is 4.03. The molecule has 5 nitrogen and oxygen atoms in total. The first-order valence-electron chi connectivity index (χ1n) is 5.15. The third kappa shape index (κ3) is 3.69. The molecule has 0 spiro atoms. The lowest BCUT2D eigenvalue weighted by Crippen LogP contribution is -2.39. The normalized spacial score (nSPS) is 11.1. The zero-order valence-electron chi connectivity index (χ0n) is 10.4. The molecule has 0 heterocycles. The number of likely N-dealkylation sites (N-methyl/N-ethyl adjacent to an activating group) is 1. The minimum absolute atomic E-state index is 0.258. The summed E-state index contributed by atoms with van der Waals surface area (Å²) in [6.07, 6.45) is 0.999. The highest BCUT2D eigenvalue weighted by Gasteiger charge is 2.21. The van der Waals surface area contributed by atoms with Crippen LogP contribution in [0.1, 0.15) is 0 Å². The largest absolute Gasteiger partial charge is 0.347 e. The molecule has 0 aliphatic heterocycles.